The summed E-state index contributed by atoms with van der Waals surface area (Å²) in [6, 6.07) is 4.54. The quantitative estimate of drug-likeness (QED) is 0.782. The Morgan fingerprint density at radius 2 is 2.06 bits per heavy atom. The molecule has 0 amide bonds. The Kier molecular flexibility index (Phi) is 4.06. The summed E-state index contributed by atoms with van der Waals surface area (Å²) in [5, 5.41) is 0.0947. The van der Waals surface area contributed by atoms with Crippen LogP contribution in [0.4, 0.5) is 4.39 Å². The van der Waals surface area contributed by atoms with E-state index in [2.05, 4.69) is 6.92 Å². The van der Waals surface area contributed by atoms with Gasteiger partial charge in [-0.15, -0.1) is 0 Å². The fourth-order valence-electron chi connectivity index (χ4n) is 2.90. The largest absolute Gasteiger partial charge is 0.299 e. The van der Waals surface area contributed by atoms with Gasteiger partial charge in [0.2, 0.25) is 0 Å². The smallest absolute Gasteiger partial charge is 0.143 e. The van der Waals surface area contributed by atoms with Crippen LogP contribution in [0.25, 0.3) is 0 Å². The Morgan fingerprint density at radius 3 is 2.61 bits per heavy atom. The molecule has 1 nitrogen and oxygen atoms in total. The lowest BCUT2D eigenvalue weighted by molar-refractivity contribution is -0.128. The number of ketones is 1. The van der Waals surface area contributed by atoms with Gasteiger partial charge in [-0.3, -0.25) is 4.79 Å². The van der Waals surface area contributed by atoms with Crippen LogP contribution in [0, 0.1) is 11.2 Å². The standard InChI is InChI=1S/C15H18ClFO/c1-2-15(7-3-4-8-15)14(18)10-11-5-6-13(17)12(16)9-11/h5-6,9H,2-4,7-8,10H2,1H3. The lowest BCUT2D eigenvalue weighted by Crippen LogP contribution is -2.28. The second kappa shape index (κ2) is 5.40. The van der Waals surface area contributed by atoms with E-state index in [4.69, 9.17) is 11.6 Å². The number of hydrogen-bond donors (Lipinski definition) is 0. The van der Waals surface area contributed by atoms with Gasteiger partial charge in [-0.1, -0.05) is 37.4 Å². The Labute approximate surface area is 112 Å². The van der Waals surface area contributed by atoms with E-state index in [1.54, 1.807) is 12.1 Å². The third-order valence-electron chi connectivity index (χ3n) is 4.18. The number of Topliss-reactive ketones (excluding diaryl/α,β-unsaturated/α-hetero) is 1. The zero-order chi connectivity index (χ0) is 13.2. The van der Waals surface area contributed by atoms with Crippen LogP contribution >= 0.6 is 11.6 Å². The van der Waals surface area contributed by atoms with Gasteiger partial charge in [0.1, 0.15) is 11.6 Å². The van der Waals surface area contributed by atoms with Gasteiger partial charge >= 0.3 is 0 Å². The molecule has 98 valence electrons. The first-order valence-electron chi connectivity index (χ1n) is 6.54. The molecule has 1 aliphatic carbocycles. The third kappa shape index (κ3) is 2.59. The molecular weight excluding hydrogens is 251 g/mol. The van der Waals surface area contributed by atoms with Crippen molar-refractivity contribution >= 4 is 17.4 Å². The predicted octanol–water partition coefficient (Wildman–Crippen LogP) is 4.56. The zero-order valence-electron chi connectivity index (χ0n) is 10.6. The van der Waals surface area contributed by atoms with E-state index in [1.807, 2.05) is 0 Å². The minimum atomic E-state index is -0.432. The number of carbonyl (C=O) groups excluding carboxylic acids is 1. The van der Waals surface area contributed by atoms with E-state index in [9.17, 15) is 9.18 Å². The summed E-state index contributed by atoms with van der Waals surface area (Å²) in [5.41, 5.74) is 0.673. The summed E-state index contributed by atoms with van der Waals surface area (Å²) < 4.78 is 13.1. The molecule has 0 heterocycles. The molecular formula is C15H18ClFO. The van der Waals surface area contributed by atoms with E-state index in [0.29, 0.717) is 6.42 Å². The maximum absolute atomic E-state index is 13.1. The van der Waals surface area contributed by atoms with Crippen molar-refractivity contribution in [2.45, 2.75) is 45.4 Å². The highest BCUT2D eigenvalue weighted by Gasteiger charge is 2.38. The molecule has 0 aromatic heterocycles. The van der Waals surface area contributed by atoms with Gasteiger partial charge in [0, 0.05) is 11.8 Å². The van der Waals surface area contributed by atoms with Crippen LogP contribution in [-0.2, 0) is 11.2 Å². The molecule has 1 fully saturated rings. The van der Waals surface area contributed by atoms with Crippen LogP contribution in [0.15, 0.2) is 18.2 Å². The molecule has 0 atom stereocenters. The predicted molar refractivity (Wildman–Crippen MR) is 71.3 cm³/mol. The van der Waals surface area contributed by atoms with Crippen LogP contribution in [0.1, 0.15) is 44.6 Å². The van der Waals surface area contributed by atoms with Gasteiger partial charge in [0.25, 0.3) is 0 Å². The molecule has 0 N–H and O–H groups in total. The summed E-state index contributed by atoms with van der Waals surface area (Å²) >= 11 is 5.74. The molecule has 0 unspecified atom stereocenters. The van der Waals surface area contributed by atoms with Gasteiger partial charge in [-0.05, 0) is 37.0 Å². The van der Waals surface area contributed by atoms with Gasteiger partial charge in [0.05, 0.1) is 5.02 Å². The van der Waals surface area contributed by atoms with Crippen LogP contribution < -0.4 is 0 Å². The van der Waals surface area contributed by atoms with Crippen LogP contribution in [-0.4, -0.2) is 5.78 Å². The molecule has 1 aliphatic rings. The van der Waals surface area contributed by atoms with Crippen molar-refractivity contribution in [3.8, 4) is 0 Å². The normalized spacial score (nSPS) is 17.9. The van der Waals surface area contributed by atoms with E-state index >= 15 is 0 Å². The van der Waals surface area contributed by atoms with Crippen LogP contribution in [0.5, 0.6) is 0 Å². The van der Waals surface area contributed by atoms with Crippen molar-refractivity contribution < 1.29 is 9.18 Å². The Hall–Kier alpha value is -0.890. The number of halogens is 2. The maximum Gasteiger partial charge on any atom is 0.143 e. The highest BCUT2D eigenvalue weighted by Crippen LogP contribution is 2.42. The molecule has 0 saturated heterocycles. The fourth-order valence-corrected chi connectivity index (χ4v) is 3.11. The monoisotopic (exact) mass is 268 g/mol. The first kappa shape index (κ1) is 13.5. The van der Waals surface area contributed by atoms with Crippen molar-refractivity contribution in [1.29, 1.82) is 0 Å². The van der Waals surface area contributed by atoms with Gasteiger partial charge in [0.15, 0.2) is 0 Å². The third-order valence-corrected chi connectivity index (χ3v) is 4.47. The fraction of sp³-hybridized carbons (Fsp3) is 0.533. The van der Waals surface area contributed by atoms with Crippen molar-refractivity contribution in [1.82, 2.24) is 0 Å². The molecule has 0 aliphatic heterocycles. The first-order valence-corrected chi connectivity index (χ1v) is 6.92. The molecule has 0 radical (unpaired) electrons. The van der Waals surface area contributed by atoms with Gasteiger partial charge in [-0.2, -0.15) is 0 Å². The number of hydrogen-bond acceptors (Lipinski definition) is 1. The second-order valence-electron chi connectivity index (χ2n) is 5.19. The van der Waals surface area contributed by atoms with Crippen molar-refractivity contribution in [2.75, 3.05) is 0 Å². The topological polar surface area (TPSA) is 17.1 Å². The Bertz CT molecular complexity index is 450. The number of rotatable bonds is 4. The molecule has 1 saturated carbocycles. The first-order chi connectivity index (χ1) is 8.57. The summed E-state index contributed by atoms with van der Waals surface area (Å²) in [4.78, 5) is 12.4. The van der Waals surface area contributed by atoms with Crippen molar-refractivity contribution in [3.63, 3.8) is 0 Å². The lowest BCUT2D eigenvalue weighted by Gasteiger charge is -2.25. The minimum absolute atomic E-state index is 0.0947. The molecule has 1 aromatic rings. The summed E-state index contributed by atoms with van der Waals surface area (Å²) in [5.74, 6) is -0.149. The molecule has 0 bridgehead atoms. The van der Waals surface area contributed by atoms with Gasteiger partial charge < -0.3 is 0 Å². The molecule has 0 spiro atoms. The Morgan fingerprint density at radius 1 is 1.39 bits per heavy atom. The highest BCUT2D eigenvalue weighted by molar-refractivity contribution is 6.30. The molecule has 18 heavy (non-hydrogen) atoms. The molecule has 1 aromatic carbocycles. The molecule has 2 rings (SSSR count). The highest BCUT2D eigenvalue weighted by atomic mass is 35.5. The minimum Gasteiger partial charge on any atom is -0.299 e. The summed E-state index contributed by atoms with van der Waals surface area (Å²) in [7, 11) is 0. The second-order valence-corrected chi connectivity index (χ2v) is 5.60. The van der Waals surface area contributed by atoms with E-state index in [-0.39, 0.29) is 16.2 Å². The summed E-state index contributed by atoms with van der Waals surface area (Å²) in [6.07, 6.45) is 5.55. The average Bonchev–Trinajstić information content (AvgIpc) is 2.84. The zero-order valence-corrected chi connectivity index (χ0v) is 11.4. The number of carbonyl (C=O) groups is 1. The van der Waals surface area contributed by atoms with Gasteiger partial charge in [-0.25, -0.2) is 4.39 Å². The number of benzene rings is 1. The maximum atomic E-state index is 13.1. The molecule has 3 heteroatoms. The van der Waals surface area contributed by atoms with Crippen LogP contribution in [0.3, 0.4) is 0 Å². The van der Waals surface area contributed by atoms with Crippen molar-refractivity contribution in [2.24, 2.45) is 5.41 Å². The Balaban J connectivity index is 2.13. The average molecular weight is 269 g/mol. The lowest BCUT2D eigenvalue weighted by atomic mass is 9.77. The van der Waals surface area contributed by atoms with E-state index in [1.165, 1.54) is 6.07 Å². The van der Waals surface area contributed by atoms with E-state index in [0.717, 1.165) is 37.7 Å². The van der Waals surface area contributed by atoms with Crippen molar-refractivity contribution in [3.05, 3.63) is 34.6 Å². The SMILES string of the molecule is CCC1(C(=O)Cc2ccc(F)c(Cl)c2)CCCC1. The summed E-state index contributed by atoms with van der Waals surface area (Å²) in [6.45, 7) is 2.08. The van der Waals surface area contributed by atoms with Crippen LogP contribution in [0.2, 0.25) is 5.02 Å². The van der Waals surface area contributed by atoms with E-state index < -0.39 is 5.82 Å².